The summed E-state index contributed by atoms with van der Waals surface area (Å²) >= 11 is 0. The first-order valence-electron chi connectivity index (χ1n) is 7.63. The molecule has 2 aromatic rings. The van der Waals surface area contributed by atoms with Crippen LogP contribution in [0.15, 0.2) is 35.9 Å². The van der Waals surface area contributed by atoms with E-state index in [1.807, 2.05) is 30.6 Å². The maximum atomic E-state index is 12.0. The van der Waals surface area contributed by atoms with Gasteiger partial charge in [0, 0.05) is 25.5 Å². The van der Waals surface area contributed by atoms with Crippen molar-refractivity contribution < 1.29 is 14.7 Å². The molecular formula is C19H19N3O3. The number of aromatic carboxylic acids is 1. The number of amides is 1. The molecule has 0 fully saturated rings. The Kier molecular flexibility index (Phi) is 5.08. The third kappa shape index (κ3) is 3.45. The van der Waals surface area contributed by atoms with Crippen LogP contribution in [0, 0.1) is 25.2 Å². The van der Waals surface area contributed by atoms with E-state index in [1.165, 1.54) is 11.0 Å². The van der Waals surface area contributed by atoms with Gasteiger partial charge < -0.3 is 14.6 Å². The number of benzene rings is 1. The number of likely N-dealkylation sites (N-methyl/N-ethyl adjacent to an activating group) is 1. The molecule has 0 unspecified atom stereocenters. The van der Waals surface area contributed by atoms with Crippen LogP contribution in [0.25, 0.3) is 11.8 Å². The Hall–Kier alpha value is -3.33. The van der Waals surface area contributed by atoms with E-state index in [2.05, 4.69) is 0 Å². The molecule has 2 rings (SSSR count). The molecular weight excluding hydrogens is 318 g/mol. The van der Waals surface area contributed by atoms with Crippen LogP contribution in [0.5, 0.6) is 0 Å². The van der Waals surface area contributed by atoms with Crippen molar-refractivity contribution in [3.8, 4) is 11.8 Å². The van der Waals surface area contributed by atoms with Crippen LogP contribution in [0.4, 0.5) is 0 Å². The van der Waals surface area contributed by atoms with Crippen molar-refractivity contribution >= 4 is 18.0 Å². The Morgan fingerprint density at radius 2 is 1.88 bits per heavy atom. The number of hydrogen-bond acceptors (Lipinski definition) is 3. The normalized spacial score (nSPS) is 11.1. The second-order valence-electron chi connectivity index (χ2n) is 5.85. The average molecular weight is 337 g/mol. The minimum Gasteiger partial charge on any atom is -0.478 e. The van der Waals surface area contributed by atoms with Crippen molar-refractivity contribution in [2.75, 3.05) is 14.1 Å². The Balaban J connectivity index is 2.63. The number of hydrogen-bond donors (Lipinski definition) is 1. The minimum absolute atomic E-state index is 0.0248. The van der Waals surface area contributed by atoms with Crippen molar-refractivity contribution in [2.24, 2.45) is 0 Å². The van der Waals surface area contributed by atoms with E-state index >= 15 is 0 Å². The number of nitrogens with zero attached hydrogens (tertiary/aromatic N) is 3. The van der Waals surface area contributed by atoms with Gasteiger partial charge in [-0.1, -0.05) is 12.1 Å². The van der Waals surface area contributed by atoms with Gasteiger partial charge in [-0.2, -0.15) is 5.26 Å². The highest BCUT2D eigenvalue weighted by atomic mass is 16.4. The van der Waals surface area contributed by atoms with Crippen LogP contribution in [0.2, 0.25) is 0 Å². The largest absolute Gasteiger partial charge is 0.478 e. The fourth-order valence-corrected chi connectivity index (χ4v) is 2.69. The Labute approximate surface area is 146 Å². The van der Waals surface area contributed by atoms with Crippen molar-refractivity contribution in [3.63, 3.8) is 0 Å². The lowest BCUT2D eigenvalue weighted by molar-refractivity contribution is -0.124. The van der Waals surface area contributed by atoms with Gasteiger partial charge in [-0.25, -0.2) is 4.79 Å². The van der Waals surface area contributed by atoms with E-state index in [-0.39, 0.29) is 17.0 Å². The van der Waals surface area contributed by atoms with E-state index in [0.717, 1.165) is 11.4 Å². The van der Waals surface area contributed by atoms with Crippen LogP contribution in [0.1, 0.15) is 27.3 Å². The standard InChI is InChI=1S/C19H19N3O3/c1-12-9-14(10-15(11-20)18(23)21(3)4)13(2)22(12)17-8-6-5-7-16(17)19(24)25/h5-10H,1-4H3,(H,24,25)/b15-10-. The summed E-state index contributed by atoms with van der Waals surface area (Å²) in [5.41, 5.74) is 3.02. The SMILES string of the molecule is Cc1cc(/C=C(/C#N)C(=O)N(C)C)c(C)n1-c1ccccc1C(=O)O. The van der Waals surface area contributed by atoms with Gasteiger partial charge in [0.1, 0.15) is 11.6 Å². The third-order valence-corrected chi connectivity index (χ3v) is 3.90. The molecule has 0 aliphatic heterocycles. The molecule has 0 spiro atoms. The predicted octanol–water partition coefficient (Wildman–Crippen LogP) is 2.79. The Bertz CT molecular complexity index is 914. The van der Waals surface area contributed by atoms with Gasteiger partial charge in [0.25, 0.3) is 5.91 Å². The second kappa shape index (κ2) is 7.05. The summed E-state index contributed by atoms with van der Waals surface area (Å²) in [6.07, 6.45) is 1.53. The highest BCUT2D eigenvalue weighted by Gasteiger charge is 2.17. The number of para-hydroxylation sites is 1. The topological polar surface area (TPSA) is 86.3 Å². The number of rotatable bonds is 4. The zero-order valence-electron chi connectivity index (χ0n) is 14.6. The van der Waals surface area contributed by atoms with Crippen LogP contribution < -0.4 is 0 Å². The molecule has 1 aromatic heterocycles. The number of aryl methyl sites for hydroxylation is 1. The number of carbonyl (C=O) groups is 2. The summed E-state index contributed by atoms with van der Waals surface area (Å²) in [7, 11) is 3.17. The molecule has 128 valence electrons. The zero-order valence-corrected chi connectivity index (χ0v) is 14.6. The number of nitriles is 1. The molecule has 1 N–H and O–H groups in total. The van der Waals surface area contributed by atoms with Gasteiger partial charge in [0.2, 0.25) is 0 Å². The van der Waals surface area contributed by atoms with E-state index in [1.54, 1.807) is 38.4 Å². The molecule has 6 heteroatoms. The lowest BCUT2D eigenvalue weighted by Crippen LogP contribution is -2.22. The lowest BCUT2D eigenvalue weighted by Gasteiger charge is -2.12. The molecule has 1 heterocycles. The fraction of sp³-hybridized carbons (Fsp3) is 0.211. The summed E-state index contributed by atoms with van der Waals surface area (Å²) in [5.74, 6) is -1.39. The van der Waals surface area contributed by atoms with Crippen molar-refractivity contribution in [3.05, 3.63) is 58.4 Å². The van der Waals surface area contributed by atoms with Gasteiger partial charge in [-0.15, -0.1) is 0 Å². The lowest BCUT2D eigenvalue weighted by atomic mass is 10.1. The number of carboxylic acid groups (broad SMARTS) is 1. The van der Waals surface area contributed by atoms with Gasteiger partial charge in [-0.05, 0) is 43.7 Å². The molecule has 0 atom stereocenters. The zero-order chi connectivity index (χ0) is 18.7. The van der Waals surface area contributed by atoms with Crippen LogP contribution >= 0.6 is 0 Å². The van der Waals surface area contributed by atoms with Crippen LogP contribution in [-0.2, 0) is 4.79 Å². The monoisotopic (exact) mass is 337 g/mol. The first kappa shape index (κ1) is 18.0. The molecule has 0 radical (unpaired) electrons. The fourth-order valence-electron chi connectivity index (χ4n) is 2.69. The molecule has 0 bridgehead atoms. The molecule has 0 aliphatic rings. The van der Waals surface area contributed by atoms with Gasteiger partial charge in [-0.3, -0.25) is 4.79 Å². The van der Waals surface area contributed by atoms with Crippen molar-refractivity contribution in [1.29, 1.82) is 5.26 Å². The number of carbonyl (C=O) groups excluding carboxylic acids is 1. The number of aromatic nitrogens is 1. The smallest absolute Gasteiger partial charge is 0.337 e. The predicted molar refractivity (Wildman–Crippen MR) is 94.5 cm³/mol. The summed E-state index contributed by atoms with van der Waals surface area (Å²) in [6.45, 7) is 3.68. The molecule has 1 amide bonds. The molecule has 1 aromatic carbocycles. The first-order chi connectivity index (χ1) is 11.8. The Morgan fingerprint density at radius 1 is 1.24 bits per heavy atom. The maximum absolute atomic E-state index is 12.0. The highest BCUT2D eigenvalue weighted by molar-refractivity contribution is 6.01. The molecule has 6 nitrogen and oxygen atoms in total. The van der Waals surface area contributed by atoms with Crippen LogP contribution in [0.3, 0.4) is 0 Å². The Morgan fingerprint density at radius 3 is 2.44 bits per heavy atom. The molecule has 0 saturated heterocycles. The molecule has 0 saturated carbocycles. The van der Waals surface area contributed by atoms with E-state index < -0.39 is 5.97 Å². The number of carboxylic acids is 1. The molecule has 25 heavy (non-hydrogen) atoms. The van der Waals surface area contributed by atoms with Crippen LogP contribution in [-0.4, -0.2) is 40.5 Å². The average Bonchev–Trinajstić information content (AvgIpc) is 2.85. The van der Waals surface area contributed by atoms with E-state index in [9.17, 15) is 20.0 Å². The summed E-state index contributed by atoms with van der Waals surface area (Å²) in [6, 6.07) is 10.5. The summed E-state index contributed by atoms with van der Waals surface area (Å²) < 4.78 is 1.81. The van der Waals surface area contributed by atoms with Crippen molar-refractivity contribution in [2.45, 2.75) is 13.8 Å². The van der Waals surface area contributed by atoms with Crippen molar-refractivity contribution in [1.82, 2.24) is 9.47 Å². The summed E-state index contributed by atoms with van der Waals surface area (Å²) in [4.78, 5) is 24.9. The minimum atomic E-state index is -1.01. The van der Waals surface area contributed by atoms with Gasteiger partial charge in [0.15, 0.2) is 0 Å². The summed E-state index contributed by atoms with van der Waals surface area (Å²) in [5, 5.41) is 18.7. The third-order valence-electron chi connectivity index (χ3n) is 3.90. The van der Waals surface area contributed by atoms with Gasteiger partial charge in [0.05, 0.1) is 11.3 Å². The van der Waals surface area contributed by atoms with E-state index in [0.29, 0.717) is 11.3 Å². The first-order valence-corrected chi connectivity index (χ1v) is 7.63. The highest BCUT2D eigenvalue weighted by Crippen LogP contribution is 2.25. The quantitative estimate of drug-likeness (QED) is 0.686. The second-order valence-corrected chi connectivity index (χ2v) is 5.85. The van der Waals surface area contributed by atoms with E-state index in [4.69, 9.17) is 0 Å². The molecule has 0 aliphatic carbocycles. The van der Waals surface area contributed by atoms with Gasteiger partial charge >= 0.3 is 5.97 Å². The maximum Gasteiger partial charge on any atom is 0.337 e.